The lowest BCUT2D eigenvalue weighted by Crippen LogP contribution is -2.14. The first-order chi connectivity index (χ1) is 10.3. The van der Waals surface area contributed by atoms with E-state index >= 15 is 0 Å². The highest BCUT2D eigenvalue weighted by Gasteiger charge is 2.31. The maximum Gasteiger partial charge on any atom is 0.186 e. The zero-order chi connectivity index (χ0) is 14.2. The van der Waals surface area contributed by atoms with E-state index in [9.17, 15) is 0 Å². The van der Waals surface area contributed by atoms with Gasteiger partial charge in [-0.1, -0.05) is 31.2 Å². The molecule has 110 valence electrons. The number of aromatic nitrogens is 1. The molecule has 1 aliphatic heterocycles. The zero-order valence-corrected chi connectivity index (χ0v) is 13.2. The van der Waals surface area contributed by atoms with Gasteiger partial charge >= 0.3 is 0 Å². The van der Waals surface area contributed by atoms with Crippen LogP contribution in [0.2, 0.25) is 0 Å². The minimum atomic E-state index is 0.730. The Morgan fingerprint density at radius 3 is 2.57 bits per heavy atom. The molecule has 1 saturated carbocycles. The number of anilines is 1. The van der Waals surface area contributed by atoms with E-state index in [1.165, 1.54) is 39.7 Å². The summed E-state index contributed by atoms with van der Waals surface area (Å²) in [6.07, 6.45) is 2.64. The van der Waals surface area contributed by atoms with Crippen LogP contribution in [0.5, 0.6) is 0 Å². The molecule has 2 aliphatic rings. The van der Waals surface area contributed by atoms with E-state index < -0.39 is 0 Å². The number of benzene rings is 1. The van der Waals surface area contributed by atoms with Gasteiger partial charge in [0.2, 0.25) is 0 Å². The van der Waals surface area contributed by atoms with Crippen molar-refractivity contribution >= 4 is 16.5 Å². The molecule has 3 nitrogen and oxygen atoms in total. The van der Waals surface area contributed by atoms with Crippen LogP contribution in [0.15, 0.2) is 24.3 Å². The van der Waals surface area contributed by atoms with Crippen molar-refractivity contribution in [1.29, 1.82) is 0 Å². The smallest absolute Gasteiger partial charge is 0.186 e. The molecule has 1 aliphatic carbocycles. The van der Waals surface area contributed by atoms with Crippen LogP contribution in [0.3, 0.4) is 0 Å². The van der Waals surface area contributed by atoms with E-state index in [1.807, 2.05) is 11.3 Å². The maximum atomic E-state index is 4.99. The average Bonchev–Trinajstić information content (AvgIpc) is 3.12. The molecule has 0 spiro atoms. The molecule has 0 amide bonds. The largest absolute Gasteiger partial charge is 0.339 e. The van der Waals surface area contributed by atoms with E-state index in [0.29, 0.717) is 0 Å². The first-order valence-electron chi connectivity index (χ1n) is 7.87. The van der Waals surface area contributed by atoms with Crippen molar-refractivity contribution in [3.63, 3.8) is 0 Å². The van der Waals surface area contributed by atoms with Gasteiger partial charge in [0, 0.05) is 30.4 Å². The normalized spacial score (nSPS) is 17.3. The molecule has 1 aromatic heterocycles. The van der Waals surface area contributed by atoms with Gasteiger partial charge in [0.25, 0.3) is 0 Å². The topological polar surface area (TPSA) is 28.2 Å². The first-order valence-corrected chi connectivity index (χ1v) is 8.69. The summed E-state index contributed by atoms with van der Waals surface area (Å²) in [5.74, 6) is 0.730. The third kappa shape index (κ3) is 2.58. The molecule has 2 aromatic rings. The minimum absolute atomic E-state index is 0.730. The van der Waals surface area contributed by atoms with Crippen molar-refractivity contribution in [3.05, 3.63) is 46.0 Å². The Morgan fingerprint density at radius 1 is 1.24 bits per heavy atom. The number of nitrogens with zero attached hydrogens (tertiary/aromatic N) is 2. The fraction of sp³-hybridized carbons (Fsp3) is 0.471. The summed E-state index contributed by atoms with van der Waals surface area (Å²) >= 11 is 1.89. The Balaban J connectivity index is 1.58. The van der Waals surface area contributed by atoms with Crippen LogP contribution < -0.4 is 10.2 Å². The SMILES string of the molecule is CCNCc1sc(N2Cc3ccccc3C2)nc1C1CC1. The van der Waals surface area contributed by atoms with Crippen molar-refractivity contribution in [2.45, 2.75) is 45.3 Å². The number of hydrogen-bond acceptors (Lipinski definition) is 4. The third-order valence-corrected chi connectivity index (χ3v) is 5.46. The van der Waals surface area contributed by atoms with Gasteiger partial charge in [0.1, 0.15) is 0 Å². The van der Waals surface area contributed by atoms with Crippen LogP contribution in [0.1, 0.15) is 47.4 Å². The van der Waals surface area contributed by atoms with E-state index in [-0.39, 0.29) is 0 Å². The summed E-state index contributed by atoms with van der Waals surface area (Å²) in [4.78, 5) is 8.87. The first kappa shape index (κ1) is 13.3. The highest BCUT2D eigenvalue weighted by molar-refractivity contribution is 7.15. The summed E-state index contributed by atoms with van der Waals surface area (Å²) in [7, 11) is 0. The highest BCUT2D eigenvalue weighted by Crippen LogP contribution is 2.45. The molecule has 0 saturated heterocycles. The lowest BCUT2D eigenvalue weighted by Gasteiger charge is -2.12. The van der Waals surface area contributed by atoms with Gasteiger partial charge in [-0.25, -0.2) is 4.98 Å². The van der Waals surface area contributed by atoms with Crippen molar-refractivity contribution in [2.75, 3.05) is 11.4 Å². The van der Waals surface area contributed by atoms with Gasteiger partial charge in [-0.15, -0.1) is 11.3 Å². The number of thiazole rings is 1. The summed E-state index contributed by atoms with van der Waals surface area (Å²) in [6.45, 7) is 6.17. The van der Waals surface area contributed by atoms with Crippen LogP contribution in [-0.2, 0) is 19.6 Å². The summed E-state index contributed by atoms with van der Waals surface area (Å²) < 4.78 is 0. The predicted octanol–water partition coefficient (Wildman–Crippen LogP) is 3.65. The molecule has 0 atom stereocenters. The standard InChI is InChI=1S/C17H21N3S/c1-2-18-9-15-16(12-7-8-12)19-17(21-15)20-10-13-5-3-4-6-14(13)11-20/h3-6,12,18H,2,7-11H2,1H3. The number of rotatable bonds is 5. The lowest BCUT2D eigenvalue weighted by molar-refractivity contribution is 0.726. The zero-order valence-electron chi connectivity index (χ0n) is 12.4. The molecule has 2 heterocycles. The van der Waals surface area contributed by atoms with Crippen LogP contribution in [-0.4, -0.2) is 11.5 Å². The van der Waals surface area contributed by atoms with Crippen molar-refractivity contribution < 1.29 is 0 Å². The second-order valence-corrected chi connectivity index (χ2v) is 7.05. The van der Waals surface area contributed by atoms with Gasteiger partial charge in [0.05, 0.1) is 5.69 Å². The molecule has 21 heavy (non-hydrogen) atoms. The molecule has 1 fully saturated rings. The molecule has 4 rings (SSSR count). The Bertz CT molecular complexity index is 620. The van der Waals surface area contributed by atoms with Gasteiger partial charge in [-0.05, 0) is 30.5 Å². The van der Waals surface area contributed by atoms with Crippen LogP contribution >= 0.6 is 11.3 Å². The monoisotopic (exact) mass is 299 g/mol. The van der Waals surface area contributed by atoms with E-state index in [4.69, 9.17) is 4.98 Å². The van der Waals surface area contributed by atoms with Gasteiger partial charge in [-0.2, -0.15) is 0 Å². The van der Waals surface area contributed by atoms with Crippen molar-refractivity contribution in [3.8, 4) is 0 Å². The average molecular weight is 299 g/mol. The Kier molecular flexibility index (Phi) is 3.43. The molecule has 1 aromatic carbocycles. The van der Waals surface area contributed by atoms with E-state index in [1.54, 1.807) is 0 Å². The minimum Gasteiger partial charge on any atom is -0.339 e. The summed E-state index contributed by atoms with van der Waals surface area (Å²) in [6, 6.07) is 8.75. The summed E-state index contributed by atoms with van der Waals surface area (Å²) in [5.41, 5.74) is 4.27. The second kappa shape index (κ2) is 5.43. The third-order valence-electron chi connectivity index (χ3n) is 4.33. The maximum absolute atomic E-state index is 4.99. The molecule has 1 N–H and O–H groups in total. The molecule has 4 heteroatoms. The van der Waals surface area contributed by atoms with E-state index in [0.717, 1.165) is 32.1 Å². The van der Waals surface area contributed by atoms with E-state index in [2.05, 4.69) is 41.4 Å². The Labute approximate surface area is 130 Å². The van der Waals surface area contributed by atoms with Gasteiger partial charge in [0.15, 0.2) is 5.13 Å². The van der Waals surface area contributed by atoms with Crippen LogP contribution in [0.25, 0.3) is 0 Å². The quantitative estimate of drug-likeness (QED) is 0.913. The van der Waals surface area contributed by atoms with Crippen molar-refractivity contribution in [1.82, 2.24) is 10.3 Å². The number of nitrogens with one attached hydrogen (secondary N) is 1. The second-order valence-electron chi connectivity index (χ2n) is 5.98. The summed E-state index contributed by atoms with van der Waals surface area (Å²) in [5, 5.41) is 4.67. The van der Waals surface area contributed by atoms with Crippen molar-refractivity contribution in [2.24, 2.45) is 0 Å². The molecular formula is C17H21N3S. The Hall–Kier alpha value is -1.39. The molecule has 0 bridgehead atoms. The number of fused-ring (bicyclic) bond motifs is 1. The Morgan fingerprint density at radius 2 is 1.95 bits per heavy atom. The van der Waals surface area contributed by atoms with Gasteiger partial charge in [-0.3, -0.25) is 0 Å². The van der Waals surface area contributed by atoms with Gasteiger partial charge < -0.3 is 10.2 Å². The fourth-order valence-electron chi connectivity index (χ4n) is 3.00. The molecule has 0 unspecified atom stereocenters. The van der Waals surface area contributed by atoms with Crippen LogP contribution in [0, 0.1) is 0 Å². The fourth-order valence-corrected chi connectivity index (χ4v) is 4.11. The number of hydrogen-bond donors (Lipinski definition) is 1. The predicted molar refractivity (Wildman–Crippen MR) is 87.8 cm³/mol. The molecule has 0 radical (unpaired) electrons. The molecular weight excluding hydrogens is 278 g/mol. The lowest BCUT2D eigenvalue weighted by atomic mass is 10.1. The highest BCUT2D eigenvalue weighted by atomic mass is 32.1. The van der Waals surface area contributed by atoms with Crippen LogP contribution in [0.4, 0.5) is 5.13 Å².